The van der Waals surface area contributed by atoms with Crippen molar-refractivity contribution in [2.45, 2.75) is 39.7 Å². The maximum absolute atomic E-state index is 12.3. The molecule has 0 saturated carbocycles. The lowest BCUT2D eigenvalue weighted by Gasteiger charge is -2.17. The van der Waals surface area contributed by atoms with E-state index in [2.05, 4.69) is 24.5 Å². The highest BCUT2D eigenvalue weighted by molar-refractivity contribution is 6.06. The monoisotopic (exact) mass is 317 g/mol. The minimum absolute atomic E-state index is 0.122. The van der Waals surface area contributed by atoms with E-state index in [0.717, 1.165) is 12.1 Å². The molecule has 1 saturated heterocycles. The first-order valence-electron chi connectivity index (χ1n) is 7.85. The van der Waals surface area contributed by atoms with E-state index in [1.165, 1.54) is 11.8 Å². The summed E-state index contributed by atoms with van der Waals surface area (Å²) in [4.78, 5) is 36.7. The Hall–Kier alpha value is -2.37. The lowest BCUT2D eigenvalue weighted by molar-refractivity contribution is -0.138. The molecule has 1 atom stereocenters. The van der Waals surface area contributed by atoms with Crippen molar-refractivity contribution < 1.29 is 14.4 Å². The molecule has 6 heteroatoms. The maximum atomic E-state index is 12.3. The largest absolute Gasteiger partial charge is 0.373 e. The van der Waals surface area contributed by atoms with Gasteiger partial charge in [0.05, 0.1) is 6.42 Å². The Morgan fingerprint density at radius 3 is 2.39 bits per heavy atom. The average Bonchev–Trinajstić information content (AvgIpc) is 2.73. The highest BCUT2D eigenvalue weighted by atomic mass is 16.2. The van der Waals surface area contributed by atoms with Gasteiger partial charge in [-0.2, -0.15) is 0 Å². The molecule has 0 aliphatic carbocycles. The van der Waals surface area contributed by atoms with Crippen molar-refractivity contribution in [3.05, 3.63) is 24.3 Å². The van der Waals surface area contributed by atoms with E-state index in [1.54, 1.807) is 24.3 Å². The van der Waals surface area contributed by atoms with Gasteiger partial charge in [-0.3, -0.25) is 19.3 Å². The van der Waals surface area contributed by atoms with Crippen molar-refractivity contribution >= 4 is 29.1 Å². The molecule has 3 amide bonds. The first-order valence-corrected chi connectivity index (χ1v) is 7.85. The third-order valence-electron chi connectivity index (χ3n) is 3.72. The molecule has 0 spiro atoms. The molecule has 0 bridgehead atoms. The van der Waals surface area contributed by atoms with Crippen LogP contribution in [0.4, 0.5) is 11.4 Å². The fourth-order valence-corrected chi connectivity index (χ4v) is 2.47. The van der Waals surface area contributed by atoms with Crippen LogP contribution in [0.15, 0.2) is 24.3 Å². The molecule has 0 unspecified atom stereocenters. The Balaban J connectivity index is 1.96. The lowest BCUT2D eigenvalue weighted by atomic mass is 10.1. The number of hydrogen-bond donors (Lipinski definition) is 2. The van der Waals surface area contributed by atoms with Gasteiger partial charge < -0.3 is 10.6 Å². The van der Waals surface area contributed by atoms with E-state index >= 15 is 0 Å². The number of anilines is 2. The van der Waals surface area contributed by atoms with Gasteiger partial charge in [0.1, 0.15) is 6.04 Å². The number of rotatable bonds is 6. The minimum atomic E-state index is -0.513. The first kappa shape index (κ1) is 17.0. The first-order chi connectivity index (χ1) is 10.9. The van der Waals surface area contributed by atoms with Gasteiger partial charge in [0.2, 0.25) is 11.8 Å². The van der Waals surface area contributed by atoms with E-state index < -0.39 is 6.04 Å². The molecule has 1 aromatic rings. The number of hydrogen-bond acceptors (Lipinski definition) is 4. The zero-order valence-corrected chi connectivity index (χ0v) is 13.8. The second kappa shape index (κ2) is 7.26. The zero-order chi connectivity index (χ0) is 17.0. The fraction of sp³-hybridized carbons (Fsp3) is 0.471. The molecule has 124 valence electrons. The van der Waals surface area contributed by atoms with Crippen molar-refractivity contribution in [3.63, 3.8) is 0 Å². The number of imide groups is 1. The maximum Gasteiger partial charge on any atom is 0.252 e. The zero-order valence-electron chi connectivity index (χ0n) is 13.8. The normalized spacial score (nSPS) is 17.7. The van der Waals surface area contributed by atoms with Crippen LogP contribution in [0, 0.1) is 5.92 Å². The van der Waals surface area contributed by atoms with Gasteiger partial charge in [0, 0.05) is 24.8 Å². The summed E-state index contributed by atoms with van der Waals surface area (Å²) in [6.07, 6.45) is 1.000. The van der Waals surface area contributed by atoms with E-state index in [-0.39, 0.29) is 24.1 Å². The summed E-state index contributed by atoms with van der Waals surface area (Å²) in [5, 5.41) is 5.77. The molecule has 2 N–H and O–H groups in total. The SMILES string of the molecule is CC(=O)Nc1ccc(N[C@@H]2CC(=O)N(CCC(C)C)C2=O)cc1. The number of benzene rings is 1. The molecule has 6 nitrogen and oxygen atoms in total. The summed E-state index contributed by atoms with van der Waals surface area (Å²) < 4.78 is 0. The van der Waals surface area contributed by atoms with Crippen molar-refractivity contribution in [3.8, 4) is 0 Å². The van der Waals surface area contributed by atoms with Gasteiger partial charge in [-0.15, -0.1) is 0 Å². The minimum Gasteiger partial charge on any atom is -0.373 e. The third kappa shape index (κ3) is 4.55. The molecular weight excluding hydrogens is 294 g/mol. The van der Waals surface area contributed by atoms with Crippen molar-refractivity contribution in [1.82, 2.24) is 4.90 Å². The summed E-state index contributed by atoms with van der Waals surface area (Å²) >= 11 is 0. The summed E-state index contributed by atoms with van der Waals surface area (Å²) in [5.74, 6) is 0.0246. The second-order valence-corrected chi connectivity index (χ2v) is 6.23. The smallest absolute Gasteiger partial charge is 0.252 e. The van der Waals surface area contributed by atoms with Gasteiger partial charge in [-0.1, -0.05) is 13.8 Å². The average molecular weight is 317 g/mol. The van der Waals surface area contributed by atoms with Crippen LogP contribution in [0.25, 0.3) is 0 Å². The van der Waals surface area contributed by atoms with E-state index in [9.17, 15) is 14.4 Å². The Morgan fingerprint density at radius 2 is 1.83 bits per heavy atom. The van der Waals surface area contributed by atoms with Gasteiger partial charge in [-0.05, 0) is 36.6 Å². The Kier molecular flexibility index (Phi) is 5.36. The van der Waals surface area contributed by atoms with Gasteiger partial charge >= 0.3 is 0 Å². The molecule has 1 aliphatic heterocycles. The molecule has 0 aromatic heterocycles. The highest BCUT2D eigenvalue weighted by Crippen LogP contribution is 2.21. The highest BCUT2D eigenvalue weighted by Gasteiger charge is 2.38. The van der Waals surface area contributed by atoms with Crippen LogP contribution in [0.5, 0.6) is 0 Å². The third-order valence-corrected chi connectivity index (χ3v) is 3.72. The summed E-state index contributed by atoms with van der Waals surface area (Å²) in [5.41, 5.74) is 1.44. The molecule has 23 heavy (non-hydrogen) atoms. The number of carbonyl (C=O) groups excluding carboxylic acids is 3. The van der Waals surface area contributed by atoms with Gasteiger partial charge in [0.25, 0.3) is 5.91 Å². The molecule has 1 heterocycles. The Bertz CT molecular complexity index is 596. The van der Waals surface area contributed by atoms with Crippen LogP contribution in [0.1, 0.15) is 33.6 Å². The predicted octanol–water partition coefficient (Wildman–Crippen LogP) is 2.23. The number of nitrogens with one attached hydrogen (secondary N) is 2. The Morgan fingerprint density at radius 1 is 1.22 bits per heavy atom. The van der Waals surface area contributed by atoms with Gasteiger partial charge in [0.15, 0.2) is 0 Å². The summed E-state index contributed by atoms with van der Waals surface area (Å²) in [6, 6.07) is 6.55. The number of likely N-dealkylation sites (tertiary alicyclic amines) is 1. The standard InChI is InChI=1S/C17H23N3O3/c1-11(2)8-9-20-16(22)10-15(17(20)23)19-14-6-4-13(5-7-14)18-12(3)21/h4-7,11,15,19H,8-10H2,1-3H3,(H,18,21)/t15-/m1/s1. The molecule has 1 aromatic carbocycles. The van der Waals surface area contributed by atoms with Crippen LogP contribution in [-0.2, 0) is 14.4 Å². The molecule has 2 rings (SSSR count). The predicted molar refractivity (Wildman–Crippen MR) is 88.9 cm³/mol. The lowest BCUT2D eigenvalue weighted by Crippen LogP contribution is -2.35. The van der Waals surface area contributed by atoms with E-state index in [1.807, 2.05) is 0 Å². The quantitative estimate of drug-likeness (QED) is 0.789. The second-order valence-electron chi connectivity index (χ2n) is 6.23. The van der Waals surface area contributed by atoms with Crippen molar-refractivity contribution in [2.24, 2.45) is 5.92 Å². The van der Waals surface area contributed by atoms with E-state index in [0.29, 0.717) is 18.2 Å². The summed E-state index contributed by atoms with van der Waals surface area (Å²) in [6.45, 7) is 6.06. The molecule has 1 fully saturated rings. The van der Waals surface area contributed by atoms with Crippen LogP contribution in [0.2, 0.25) is 0 Å². The van der Waals surface area contributed by atoms with Crippen molar-refractivity contribution in [1.29, 1.82) is 0 Å². The topological polar surface area (TPSA) is 78.5 Å². The number of amides is 3. The van der Waals surface area contributed by atoms with Gasteiger partial charge in [-0.25, -0.2) is 0 Å². The fourth-order valence-electron chi connectivity index (χ4n) is 2.47. The van der Waals surface area contributed by atoms with Crippen LogP contribution < -0.4 is 10.6 Å². The summed E-state index contributed by atoms with van der Waals surface area (Å²) in [7, 11) is 0. The molecule has 0 radical (unpaired) electrons. The van der Waals surface area contributed by atoms with Crippen molar-refractivity contribution in [2.75, 3.05) is 17.2 Å². The van der Waals surface area contributed by atoms with Crippen LogP contribution in [0.3, 0.4) is 0 Å². The number of nitrogens with zero attached hydrogens (tertiary/aromatic N) is 1. The van der Waals surface area contributed by atoms with E-state index in [4.69, 9.17) is 0 Å². The van der Waals surface area contributed by atoms with Crippen LogP contribution in [-0.4, -0.2) is 35.2 Å². The Labute approximate surface area is 136 Å². The molecular formula is C17H23N3O3. The molecule has 1 aliphatic rings. The number of carbonyl (C=O) groups is 3. The van der Waals surface area contributed by atoms with Crippen LogP contribution >= 0.6 is 0 Å².